The zero-order valence-corrected chi connectivity index (χ0v) is 7.95. The fourth-order valence-corrected chi connectivity index (χ4v) is 1.48. The van der Waals surface area contributed by atoms with Gasteiger partial charge in [0, 0.05) is 17.5 Å². The van der Waals surface area contributed by atoms with Crippen molar-refractivity contribution in [3.05, 3.63) is 33.2 Å². The van der Waals surface area contributed by atoms with Crippen molar-refractivity contribution in [2.45, 2.75) is 13.0 Å². The van der Waals surface area contributed by atoms with Crippen molar-refractivity contribution in [2.24, 2.45) is 5.73 Å². The van der Waals surface area contributed by atoms with Gasteiger partial charge in [0.15, 0.2) is 0 Å². The first-order chi connectivity index (χ1) is 6.09. The number of hydrogen-bond acceptors (Lipinski definition) is 4. The largest absolute Gasteiger partial charge is 0.325 e. The number of nitrogens with two attached hydrogens (primary N) is 1. The third-order valence-corrected chi connectivity index (χ3v) is 2.28. The predicted octanol–water partition coefficient (Wildman–Crippen LogP) is 2.02. The molecule has 5 heteroatoms. The first-order valence-corrected chi connectivity index (χ1v) is 4.64. The number of rotatable bonds is 3. The Bertz CT molecular complexity index is 331. The van der Waals surface area contributed by atoms with Gasteiger partial charge in [0.1, 0.15) is 0 Å². The van der Waals surface area contributed by atoms with Crippen LogP contribution in [0.5, 0.6) is 0 Å². The van der Waals surface area contributed by atoms with Crippen LogP contribution < -0.4 is 5.73 Å². The zero-order chi connectivity index (χ0) is 9.84. The average Bonchev–Trinajstić information content (AvgIpc) is 2.48. The van der Waals surface area contributed by atoms with E-state index in [-0.39, 0.29) is 11.0 Å². The molecule has 0 saturated carbocycles. The molecule has 0 aromatic carbocycles. The minimum Gasteiger partial charge on any atom is -0.325 e. The maximum atomic E-state index is 10.3. The highest BCUT2D eigenvalue weighted by Gasteiger charge is 2.07. The van der Waals surface area contributed by atoms with E-state index in [4.69, 9.17) is 5.73 Å². The summed E-state index contributed by atoms with van der Waals surface area (Å²) in [5.41, 5.74) is 6.32. The van der Waals surface area contributed by atoms with E-state index in [1.54, 1.807) is 17.5 Å². The van der Waals surface area contributed by atoms with Crippen LogP contribution in [0.2, 0.25) is 0 Å². The summed E-state index contributed by atoms with van der Waals surface area (Å²) in [6.07, 6.45) is 3.58. The van der Waals surface area contributed by atoms with E-state index >= 15 is 0 Å². The molecule has 2 N–H and O–H groups in total. The SMILES string of the molecule is CC(N)/C=C/c1csc([N+](=O)[O-])c1. The third kappa shape index (κ3) is 2.96. The zero-order valence-electron chi connectivity index (χ0n) is 7.14. The van der Waals surface area contributed by atoms with Crippen LogP contribution in [-0.4, -0.2) is 11.0 Å². The molecule has 70 valence electrons. The lowest BCUT2D eigenvalue weighted by Crippen LogP contribution is -2.09. The molecule has 1 aromatic heterocycles. The number of thiophene rings is 1. The Balaban J connectivity index is 2.75. The maximum absolute atomic E-state index is 10.3. The highest BCUT2D eigenvalue weighted by atomic mass is 32.1. The van der Waals surface area contributed by atoms with E-state index in [1.807, 2.05) is 6.92 Å². The van der Waals surface area contributed by atoms with Crippen molar-refractivity contribution in [2.75, 3.05) is 0 Å². The molecule has 0 radical (unpaired) electrons. The van der Waals surface area contributed by atoms with Crippen LogP contribution in [0, 0.1) is 10.1 Å². The van der Waals surface area contributed by atoms with Gasteiger partial charge in [0.25, 0.3) is 0 Å². The summed E-state index contributed by atoms with van der Waals surface area (Å²) in [5.74, 6) is 0. The summed E-state index contributed by atoms with van der Waals surface area (Å²) >= 11 is 1.12. The minimum absolute atomic E-state index is 0.0287. The Morgan fingerprint density at radius 2 is 2.46 bits per heavy atom. The van der Waals surface area contributed by atoms with E-state index in [1.165, 1.54) is 6.07 Å². The van der Waals surface area contributed by atoms with Gasteiger partial charge in [-0.3, -0.25) is 10.1 Å². The average molecular weight is 198 g/mol. The molecular weight excluding hydrogens is 188 g/mol. The van der Waals surface area contributed by atoms with E-state index in [0.29, 0.717) is 0 Å². The Kier molecular flexibility index (Phi) is 3.16. The molecule has 1 rings (SSSR count). The van der Waals surface area contributed by atoms with Gasteiger partial charge in [0.05, 0.1) is 4.92 Å². The lowest BCUT2D eigenvalue weighted by atomic mass is 10.2. The first kappa shape index (κ1) is 9.88. The topological polar surface area (TPSA) is 69.2 Å². The molecule has 1 unspecified atom stereocenters. The van der Waals surface area contributed by atoms with E-state index in [0.717, 1.165) is 16.9 Å². The fraction of sp³-hybridized carbons (Fsp3) is 0.250. The van der Waals surface area contributed by atoms with E-state index in [9.17, 15) is 10.1 Å². The lowest BCUT2D eigenvalue weighted by molar-refractivity contribution is -0.380. The Hall–Kier alpha value is -1.20. The van der Waals surface area contributed by atoms with Gasteiger partial charge < -0.3 is 5.73 Å². The van der Waals surface area contributed by atoms with Crippen LogP contribution >= 0.6 is 11.3 Å². The molecule has 0 fully saturated rings. The summed E-state index contributed by atoms with van der Waals surface area (Å²) in [6, 6.07) is 1.50. The normalized spacial score (nSPS) is 13.4. The quantitative estimate of drug-likeness (QED) is 0.596. The summed E-state index contributed by atoms with van der Waals surface area (Å²) in [5, 5.41) is 12.2. The lowest BCUT2D eigenvalue weighted by Gasteiger charge is -1.91. The van der Waals surface area contributed by atoms with Gasteiger partial charge in [-0.1, -0.05) is 23.5 Å². The molecule has 0 amide bonds. The van der Waals surface area contributed by atoms with Crippen LogP contribution in [0.3, 0.4) is 0 Å². The van der Waals surface area contributed by atoms with Gasteiger partial charge >= 0.3 is 5.00 Å². The van der Waals surface area contributed by atoms with Crippen LogP contribution in [-0.2, 0) is 0 Å². The number of nitrogens with zero attached hydrogens (tertiary/aromatic N) is 1. The predicted molar refractivity (Wildman–Crippen MR) is 53.7 cm³/mol. The summed E-state index contributed by atoms with van der Waals surface area (Å²) in [7, 11) is 0. The molecule has 4 nitrogen and oxygen atoms in total. The van der Waals surface area contributed by atoms with E-state index < -0.39 is 4.92 Å². The maximum Gasteiger partial charge on any atom is 0.324 e. The van der Waals surface area contributed by atoms with Crippen LogP contribution in [0.4, 0.5) is 5.00 Å². The second-order valence-electron chi connectivity index (χ2n) is 2.69. The van der Waals surface area contributed by atoms with Crippen LogP contribution in [0.25, 0.3) is 6.08 Å². The summed E-state index contributed by atoms with van der Waals surface area (Å²) < 4.78 is 0. The van der Waals surface area contributed by atoms with Crippen molar-refractivity contribution >= 4 is 22.4 Å². The van der Waals surface area contributed by atoms with Crippen molar-refractivity contribution in [3.63, 3.8) is 0 Å². The van der Waals surface area contributed by atoms with Crippen molar-refractivity contribution < 1.29 is 4.92 Å². The van der Waals surface area contributed by atoms with Gasteiger partial charge in [-0.25, -0.2) is 0 Å². The molecule has 0 aliphatic heterocycles. The highest BCUT2D eigenvalue weighted by Crippen LogP contribution is 2.23. The molecule has 0 saturated heterocycles. The third-order valence-electron chi connectivity index (χ3n) is 1.38. The first-order valence-electron chi connectivity index (χ1n) is 3.76. The molecule has 13 heavy (non-hydrogen) atoms. The fourth-order valence-electron chi connectivity index (χ4n) is 0.785. The van der Waals surface area contributed by atoms with Gasteiger partial charge in [0.2, 0.25) is 0 Å². The standard InChI is InChI=1S/C8H10N2O2S/c1-6(9)2-3-7-4-8(10(11)12)13-5-7/h2-6H,9H2,1H3/b3-2+. The molecule has 1 aromatic rings. The molecular formula is C8H10N2O2S. The van der Waals surface area contributed by atoms with E-state index in [2.05, 4.69) is 0 Å². The molecule has 0 aliphatic carbocycles. The minimum atomic E-state index is -0.395. The summed E-state index contributed by atoms with van der Waals surface area (Å²) in [6.45, 7) is 1.84. The molecule has 0 aliphatic rings. The Labute approximate surface area is 79.8 Å². The number of nitro groups is 1. The Morgan fingerprint density at radius 3 is 2.92 bits per heavy atom. The molecule has 1 atom stereocenters. The highest BCUT2D eigenvalue weighted by molar-refractivity contribution is 7.13. The van der Waals surface area contributed by atoms with Crippen molar-refractivity contribution in [3.8, 4) is 0 Å². The second kappa shape index (κ2) is 4.15. The summed E-state index contributed by atoms with van der Waals surface area (Å²) in [4.78, 5) is 9.92. The number of hydrogen-bond donors (Lipinski definition) is 1. The molecule has 0 bridgehead atoms. The second-order valence-corrected chi connectivity index (χ2v) is 3.58. The van der Waals surface area contributed by atoms with Gasteiger partial charge in [-0.05, 0) is 12.5 Å². The molecule has 1 heterocycles. The van der Waals surface area contributed by atoms with Crippen molar-refractivity contribution in [1.82, 2.24) is 0 Å². The Morgan fingerprint density at radius 1 is 1.77 bits per heavy atom. The van der Waals surface area contributed by atoms with Gasteiger partial charge in [-0.2, -0.15) is 0 Å². The van der Waals surface area contributed by atoms with Crippen LogP contribution in [0.15, 0.2) is 17.5 Å². The van der Waals surface area contributed by atoms with Crippen molar-refractivity contribution in [1.29, 1.82) is 0 Å². The smallest absolute Gasteiger partial charge is 0.324 e. The molecule has 0 spiro atoms. The van der Waals surface area contributed by atoms with Crippen LogP contribution in [0.1, 0.15) is 12.5 Å². The monoisotopic (exact) mass is 198 g/mol. The van der Waals surface area contributed by atoms with Gasteiger partial charge in [-0.15, -0.1) is 0 Å².